The van der Waals surface area contributed by atoms with E-state index in [1.54, 1.807) is 0 Å². The lowest BCUT2D eigenvalue weighted by molar-refractivity contribution is 0.550. The van der Waals surface area contributed by atoms with Gasteiger partial charge >= 0.3 is 0 Å². The summed E-state index contributed by atoms with van der Waals surface area (Å²) in [6.45, 7) is 14.1. The second-order valence-electron chi connectivity index (χ2n) is 6.39. The fourth-order valence-electron chi connectivity index (χ4n) is 2.21. The van der Waals surface area contributed by atoms with E-state index in [0.29, 0.717) is 11.8 Å². The highest BCUT2D eigenvalue weighted by atomic mass is 15.2. The summed E-state index contributed by atoms with van der Waals surface area (Å²) in [5, 5.41) is 3.50. The van der Waals surface area contributed by atoms with E-state index >= 15 is 0 Å². The van der Waals surface area contributed by atoms with Crippen LogP contribution in [-0.4, -0.2) is 25.1 Å². The van der Waals surface area contributed by atoms with E-state index in [4.69, 9.17) is 0 Å². The van der Waals surface area contributed by atoms with Crippen LogP contribution in [0, 0.1) is 18.8 Å². The molecule has 1 N–H and O–H groups in total. The number of nitrogens with zero attached hydrogens (tertiary/aromatic N) is 2. The SMILES string of the molecule is CCC(C)CN(C)c1cc(CNCC(C)C)cc(C)n1. The van der Waals surface area contributed by atoms with E-state index in [1.165, 1.54) is 12.0 Å². The summed E-state index contributed by atoms with van der Waals surface area (Å²) in [4.78, 5) is 6.93. The smallest absolute Gasteiger partial charge is 0.128 e. The first-order valence-electron chi connectivity index (χ1n) is 7.81. The first kappa shape index (κ1) is 17.0. The molecule has 1 heterocycles. The minimum absolute atomic E-state index is 0.686. The van der Waals surface area contributed by atoms with Crippen molar-refractivity contribution in [2.45, 2.75) is 47.6 Å². The van der Waals surface area contributed by atoms with E-state index in [9.17, 15) is 0 Å². The molecule has 0 radical (unpaired) electrons. The van der Waals surface area contributed by atoms with Crippen molar-refractivity contribution in [2.75, 3.05) is 25.0 Å². The molecule has 1 aromatic heterocycles. The van der Waals surface area contributed by atoms with Gasteiger partial charge in [-0.1, -0.05) is 34.1 Å². The molecule has 1 atom stereocenters. The highest BCUT2D eigenvalue weighted by Crippen LogP contribution is 2.16. The van der Waals surface area contributed by atoms with Crippen molar-refractivity contribution in [2.24, 2.45) is 11.8 Å². The second-order valence-corrected chi connectivity index (χ2v) is 6.39. The lowest BCUT2D eigenvalue weighted by atomic mass is 10.1. The quantitative estimate of drug-likeness (QED) is 0.786. The third-order valence-corrected chi connectivity index (χ3v) is 3.55. The van der Waals surface area contributed by atoms with Crippen molar-refractivity contribution in [1.29, 1.82) is 0 Å². The van der Waals surface area contributed by atoms with E-state index in [2.05, 4.69) is 69.0 Å². The number of anilines is 1. The predicted molar refractivity (Wildman–Crippen MR) is 88.2 cm³/mol. The Balaban J connectivity index is 2.70. The highest BCUT2D eigenvalue weighted by molar-refractivity contribution is 5.41. The normalized spacial score (nSPS) is 12.8. The minimum atomic E-state index is 0.686. The molecule has 3 nitrogen and oxygen atoms in total. The van der Waals surface area contributed by atoms with E-state index in [0.717, 1.165) is 31.1 Å². The molecule has 0 spiro atoms. The molecule has 0 bridgehead atoms. The number of nitrogens with one attached hydrogen (secondary N) is 1. The van der Waals surface area contributed by atoms with Gasteiger partial charge < -0.3 is 10.2 Å². The lowest BCUT2D eigenvalue weighted by Crippen LogP contribution is -2.25. The first-order valence-corrected chi connectivity index (χ1v) is 7.81. The number of hydrogen-bond acceptors (Lipinski definition) is 3. The highest BCUT2D eigenvalue weighted by Gasteiger charge is 2.08. The van der Waals surface area contributed by atoms with Gasteiger partial charge in [-0.25, -0.2) is 4.98 Å². The average molecular weight is 277 g/mol. The van der Waals surface area contributed by atoms with Crippen LogP contribution in [0.25, 0.3) is 0 Å². The molecular formula is C17H31N3. The van der Waals surface area contributed by atoms with E-state index < -0.39 is 0 Å². The van der Waals surface area contributed by atoms with Crippen molar-refractivity contribution in [3.05, 3.63) is 23.4 Å². The Morgan fingerprint density at radius 2 is 1.95 bits per heavy atom. The summed E-state index contributed by atoms with van der Waals surface area (Å²) in [5.74, 6) is 2.47. The van der Waals surface area contributed by atoms with Crippen molar-refractivity contribution in [3.8, 4) is 0 Å². The Labute approximate surface area is 124 Å². The molecule has 0 aliphatic heterocycles. The summed E-state index contributed by atoms with van der Waals surface area (Å²) in [6, 6.07) is 4.39. The molecule has 1 rings (SSSR count). The molecule has 1 unspecified atom stereocenters. The van der Waals surface area contributed by atoms with Gasteiger partial charge in [0.2, 0.25) is 0 Å². The summed E-state index contributed by atoms with van der Waals surface area (Å²) < 4.78 is 0. The molecule has 114 valence electrons. The zero-order valence-electron chi connectivity index (χ0n) is 14.0. The number of pyridine rings is 1. The van der Waals surface area contributed by atoms with Crippen LogP contribution in [0.4, 0.5) is 5.82 Å². The lowest BCUT2D eigenvalue weighted by Gasteiger charge is -2.23. The predicted octanol–water partition coefficient (Wildman–Crippen LogP) is 3.62. The molecule has 0 fully saturated rings. The molecule has 3 heteroatoms. The first-order chi connectivity index (χ1) is 9.42. The maximum Gasteiger partial charge on any atom is 0.128 e. The third-order valence-electron chi connectivity index (χ3n) is 3.55. The van der Waals surface area contributed by atoms with Gasteiger partial charge in [0.25, 0.3) is 0 Å². The molecule has 1 aromatic rings. The van der Waals surface area contributed by atoms with E-state index in [-0.39, 0.29) is 0 Å². The van der Waals surface area contributed by atoms with Gasteiger partial charge in [0.1, 0.15) is 5.82 Å². The molecular weight excluding hydrogens is 246 g/mol. The average Bonchev–Trinajstić information content (AvgIpc) is 2.37. The van der Waals surface area contributed by atoms with Crippen LogP contribution in [0.1, 0.15) is 45.4 Å². The van der Waals surface area contributed by atoms with Gasteiger partial charge in [-0.05, 0) is 43.0 Å². The van der Waals surface area contributed by atoms with Gasteiger partial charge in [0.15, 0.2) is 0 Å². The summed E-state index contributed by atoms with van der Waals surface area (Å²) >= 11 is 0. The standard InChI is InChI=1S/C17H31N3/c1-7-14(4)12-20(6)17-9-16(8-15(5)19-17)11-18-10-13(2)3/h8-9,13-14,18H,7,10-12H2,1-6H3. The largest absolute Gasteiger partial charge is 0.359 e. The monoisotopic (exact) mass is 277 g/mol. The molecule has 0 amide bonds. The van der Waals surface area contributed by atoms with Gasteiger partial charge in [0, 0.05) is 25.8 Å². The van der Waals surface area contributed by atoms with Gasteiger partial charge in [0.05, 0.1) is 0 Å². The maximum absolute atomic E-state index is 4.66. The molecule has 0 saturated heterocycles. The summed E-state index contributed by atoms with van der Waals surface area (Å²) in [7, 11) is 2.14. The van der Waals surface area contributed by atoms with Gasteiger partial charge in [-0.3, -0.25) is 0 Å². The molecule has 0 aliphatic carbocycles. The molecule has 0 aliphatic rings. The van der Waals surface area contributed by atoms with Crippen LogP contribution in [0.5, 0.6) is 0 Å². The number of aromatic nitrogens is 1. The summed E-state index contributed by atoms with van der Waals surface area (Å²) in [5.41, 5.74) is 2.42. The second kappa shape index (κ2) is 8.25. The van der Waals surface area contributed by atoms with Crippen molar-refractivity contribution in [3.63, 3.8) is 0 Å². The summed E-state index contributed by atoms with van der Waals surface area (Å²) in [6.07, 6.45) is 1.21. The fraction of sp³-hybridized carbons (Fsp3) is 0.706. The van der Waals surface area contributed by atoms with Crippen LogP contribution in [0.2, 0.25) is 0 Å². The number of hydrogen-bond donors (Lipinski definition) is 1. The van der Waals surface area contributed by atoms with Crippen LogP contribution < -0.4 is 10.2 Å². The minimum Gasteiger partial charge on any atom is -0.359 e. The zero-order valence-corrected chi connectivity index (χ0v) is 14.0. The number of rotatable bonds is 8. The van der Waals surface area contributed by atoms with Crippen molar-refractivity contribution < 1.29 is 0 Å². The van der Waals surface area contributed by atoms with Crippen molar-refractivity contribution >= 4 is 5.82 Å². The van der Waals surface area contributed by atoms with Crippen molar-refractivity contribution in [1.82, 2.24) is 10.3 Å². The Kier molecular flexibility index (Phi) is 7.00. The third kappa shape index (κ3) is 5.91. The Hall–Kier alpha value is -1.09. The topological polar surface area (TPSA) is 28.2 Å². The Morgan fingerprint density at radius 1 is 1.25 bits per heavy atom. The van der Waals surface area contributed by atoms with Gasteiger partial charge in [-0.2, -0.15) is 0 Å². The van der Waals surface area contributed by atoms with Crippen LogP contribution in [0.3, 0.4) is 0 Å². The zero-order chi connectivity index (χ0) is 15.1. The Morgan fingerprint density at radius 3 is 2.55 bits per heavy atom. The molecule has 0 saturated carbocycles. The van der Waals surface area contributed by atoms with E-state index in [1.807, 2.05) is 0 Å². The van der Waals surface area contributed by atoms with Gasteiger partial charge in [-0.15, -0.1) is 0 Å². The van der Waals surface area contributed by atoms with Crippen LogP contribution in [-0.2, 0) is 6.54 Å². The van der Waals surface area contributed by atoms with Crippen LogP contribution >= 0.6 is 0 Å². The molecule has 20 heavy (non-hydrogen) atoms. The van der Waals surface area contributed by atoms with Crippen LogP contribution in [0.15, 0.2) is 12.1 Å². The number of aryl methyl sites for hydroxylation is 1. The fourth-order valence-corrected chi connectivity index (χ4v) is 2.21. The molecule has 0 aromatic carbocycles. The Bertz CT molecular complexity index is 401. The maximum atomic E-state index is 4.66.